The number of halogens is 1. The minimum Gasteiger partial charge on any atom is -0.497 e. The van der Waals surface area contributed by atoms with Crippen molar-refractivity contribution in [3.05, 3.63) is 69.9 Å². The van der Waals surface area contributed by atoms with Crippen LogP contribution in [0.1, 0.15) is 40.6 Å². The molecule has 39 heavy (non-hydrogen) atoms. The van der Waals surface area contributed by atoms with E-state index >= 15 is 0 Å². The van der Waals surface area contributed by atoms with Crippen LogP contribution in [0.25, 0.3) is 11.3 Å². The quantitative estimate of drug-likeness (QED) is 0.207. The Bertz CT molecular complexity index is 1470. The molecule has 3 aromatic rings. The number of carbonyl (C=O) groups is 2. The monoisotopic (exact) mass is 577 g/mol. The Balaban J connectivity index is 1.81. The summed E-state index contributed by atoms with van der Waals surface area (Å²) in [4.78, 5) is 28.4. The van der Waals surface area contributed by atoms with Crippen LogP contribution in [0.5, 0.6) is 5.75 Å². The third kappa shape index (κ3) is 8.53. The average Bonchev–Trinajstić information content (AvgIpc) is 3.27. The predicted molar refractivity (Wildman–Crippen MR) is 145 cm³/mol. The summed E-state index contributed by atoms with van der Waals surface area (Å²) in [6.45, 7) is 3.36. The lowest BCUT2D eigenvalue weighted by Gasteiger charge is -2.12. The van der Waals surface area contributed by atoms with Crippen molar-refractivity contribution < 1.29 is 32.4 Å². The number of aromatic nitrogens is 1. The number of aryl methyl sites for hydroxylation is 1. The van der Waals surface area contributed by atoms with Crippen molar-refractivity contribution in [2.75, 3.05) is 12.9 Å². The van der Waals surface area contributed by atoms with E-state index in [1.54, 1.807) is 56.3 Å². The first-order valence-corrected chi connectivity index (χ1v) is 13.8. The zero-order valence-corrected chi connectivity index (χ0v) is 23.0. The zero-order valence-electron chi connectivity index (χ0n) is 21.4. The van der Waals surface area contributed by atoms with Gasteiger partial charge in [-0.15, -0.1) is 0 Å². The van der Waals surface area contributed by atoms with Crippen LogP contribution in [-0.4, -0.2) is 49.5 Å². The Kier molecular flexibility index (Phi) is 10.0. The number of nitrogens with one attached hydrogen (secondary N) is 3. The van der Waals surface area contributed by atoms with Gasteiger partial charge in [0.25, 0.3) is 5.91 Å². The number of sulfonamides is 1. The average molecular weight is 578 g/mol. The molecule has 4 N–H and O–H groups in total. The van der Waals surface area contributed by atoms with Crippen molar-refractivity contribution >= 4 is 39.6 Å². The first-order valence-electron chi connectivity index (χ1n) is 11.7. The Hall–Kier alpha value is -3.94. The molecule has 12 nitrogen and oxygen atoms in total. The molecule has 2 aromatic carbocycles. The normalized spacial score (nSPS) is 11.7. The van der Waals surface area contributed by atoms with Crippen molar-refractivity contribution in [3.63, 3.8) is 0 Å². The summed E-state index contributed by atoms with van der Waals surface area (Å²) in [6, 6.07) is 11.7. The number of hydrogen-bond acceptors (Lipinski definition) is 7. The number of hydrogen-bond donors (Lipinski definition) is 4. The van der Waals surface area contributed by atoms with Gasteiger partial charge in [-0.3, -0.25) is 10.1 Å². The van der Waals surface area contributed by atoms with Gasteiger partial charge in [0.05, 0.1) is 12.9 Å². The fourth-order valence-electron chi connectivity index (χ4n) is 3.58. The van der Waals surface area contributed by atoms with Crippen LogP contribution in [0.4, 0.5) is 4.79 Å². The minimum atomic E-state index is -3.42. The second kappa shape index (κ2) is 13.2. The van der Waals surface area contributed by atoms with E-state index in [-0.39, 0.29) is 41.8 Å². The SMILES string of the molecule is CCCS(=O)(=O)NCc1cc(Cl)cc(CN/C(=N\C(=O)c2c(-c3ccc(OC)cc3)noc2C)NC(=O)O)c1. The van der Waals surface area contributed by atoms with Gasteiger partial charge in [-0.05, 0) is 60.9 Å². The molecular formula is C25H28ClN5O7S. The van der Waals surface area contributed by atoms with Gasteiger partial charge in [-0.2, -0.15) is 4.99 Å². The van der Waals surface area contributed by atoms with Gasteiger partial charge in [-0.25, -0.2) is 17.9 Å². The highest BCUT2D eigenvalue weighted by Gasteiger charge is 2.22. The number of nitrogens with zero attached hydrogens (tertiary/aromatic N) is 2. The van der Waals surface area contributed by atoms with Gasteiger partial charge in [-0.1, -0.05) is 29.7 Å². The summed E-state index contributed by atoms with van der Waals surface area (Å²) in [5.74, 6) is -0.298. The van der Waals surface area contributed by atoms with E-state index in [2.05, 4.69) is 25.5 Å². The number of guanidine groups is 1. The summed E-state index contributed by atoms with van der Waals surface area (Å²) >= 11 is 6.20. The van der Waals surface area contributed by atoms with Crippen molar-refractivity contribution in [3.8, 4) is 17.0 Å². The summed E-state index contributed by atoms with van der Waals surface area (Å²) in [5, 5.41) is 18.4. The molecule has 0 bridgehead atoms. The van der Waals surface area contributed by atoms with Gasteiger partial charge in [0.15, 0.2) is 0 Å². The summed E-state index contributed by atoms with van der Waals surface area (Å²) in [5.41, 5.74) is 2.08. The number of methoxy groups -OCH3 is 1. The third-order valence-corrected chi connectivity index (χ3v) is 7.07. The number of benzene rings is 2. The van der Waals surface area contributed by atoms with Gasteiger partial charge in [0, 0.05) is 23.7 Å². The maximum atomic E-state index is 13.1. The van der Waals surface area contributed by atoms with Crippen LogP contribution >= 0.6 is 11.6 Å². The summed E-state index contributed by atoms with van der Waals surface area (Å²) in [7, 11) is -1.89. The van der Waals surface area contributed by atoms with E-state index in [0.717, 1.165) is 0 Å². The van der Waals surface area contributed by atoms with Crippen molar-refractivity contribution in [2.24, 2.45) is 4.99 Å². The van der Waals surface area contributed by atoms with E-state index in [4.69, 9.17) is 20.9 Å². The number of rotatable bonds is 10. The Morgan fingerprint density at radius 2 is 1.79 bits per heavy atom. The summed E-state index contributed by atoms with van der Waals surface area (Å²) < 4.78 is 36.8. The number of carbonyl (C=O) groups excluding carboxylic acids is 1. The van der Waals surface area contributed by atoms with Crippen molar-refractivity contribution in [2.45, 2.75) is 33.4 Å². The fraction of sp³-hybridized carbons (Fsp3) is 0.280. The van der Waals surface area contributed by atoms with Crippen LogP contribution in [0.2, 0.25) is 5.02 Å². The van der Waals surface area contributed by atoms with E-state index in [1.165, 1.54) is 7.11 Å². The lowest BCUT2D eigenvalue weighted by molar-refractivity contribution is 0.100. The molecule has 14 heteroatoms. The number of amides is 2. The largest absolute Gasteiger partial charge is 0.497 e. The highest BCUT2D eigenvalue weighted by Crippen LogP contribution is 2.27. The maximum Gasteiger partial charge on any atom is 0.411 e. The van der Waals surface area contributed by atoms with E-state index in [0.29, 0.717) is 33.9 Å². The van der Waals surface area contributed by atoms with Crippen LogP contribution < -0.4 is 20.1 Å². The van der Waals surface area contributed by atoms with Gasteiger partial charge in [0.2, 0.25) is 16.0 Å². The van der Waals surface area contributed by atoms with Crippen LogP contribution in [-0.2, 0) is 23.1 Å². The molecule has 0 saturated carbocycles. The standard InChI is InChI=1S/C25H28ClN5O7S/c1-4-9-39(35,36)28-14-17-10-16(11-19(26)12-17)13-27-24(30-25(33)34)29-23(32)21-15(2)38-31-22(21)18-5-7-20(37-3)8-6-18/h5-8,10-12,28H,4,9,13-14H2,1-3H3,(H,33,34)(H2,27,29,30,32). The van der Waals surface area contributed by atoms with Crippen LogP contribution in [0, 0.1) is 6.92 Å². The third-order valence-electron chi connectivity index (χ3n) is 5.33. The van der Waals surface area contributed by atoms with Gasteiger partial charge in [0.1, 0.15) is 22.8 Å². The lowest BCUT2D eigenvalue weighted by atomic mass is 10.1. The van der Waals surface area contributed by atoms with E-state index in [9.17, 15) is 23.1 Å². The van der Waals surface area contributed by atoms with Crippen molar-refractivity contribution in [1.82, 2.24) is 20.5 Å². The number of carboxylic acid groups (broad SMARTS) is 1. The lowest BCUT2D eigenvalue weighted by Crippen LogP contribution is -2.40. The van der Waals surface area contributed by atoms with Crippen LogP contribution in [0.3, 0.4) is 0 Å². The predicted octanol–water partition coefficient (Wildman–Crippen LogP) is 3.70. The first-order chi connectivity index (χ1) is 18.5. The highest BCUT2D eigenvalue weighted by molar-refractivity contribution is 7.89. The molecule has 0 radical (unpaired) electrons. The van der Waals surface area contributed by atoms with E-state index < -0.39 is 22.0 Å². The van der Waals surface area contributed by atoms with Crippen molar-refractivity contribution in [1.29, 1.82) is 0 Å². The molecule has 3 rings (SSSR count). The second-order valence-electron chi connectivity index (χ2n) is 8.35. The molecule has 0 fully saturated rings. The molecule has 0 atom stereocenters. The Morgan fingerprint density at radius 1 is 1.13 bits per heavy atom. The summed E-state index contributed by atoms with van der Waals surface area (Å²) in [6.07, 6.45) is -0.962. The number of ether oxygens (including phenoxy) is 1. The fourth-order valence-corrected chi connectivity index (χ4v) is 4.93. The van der Waals surface area contributed by atoms with Crippen LogP contribution in [0.15, 0.2) is 52.0 Å². The number of aliphatic imine (C=N–C) groups is 1. The van der Waals surface area contributed by atoms with E-state index in [1.807, 2.05) is 0 Å². The zero-order chi connectivity index (χ0) is 28.6. The topological polar surface area (TPSA) is 172 Å². The molecule has 0 aliphatic carbocycles. The molecule has 0 aliphatic heterocycles. The van der Waals surface area contributed by atoms with Gasteiger partial charge < -0.3 is 19.7 Å². The maximum absolute atomic E-state index is 13.1. The smallest absolute Gasteiger partial charge is 0.411 e. The molecule has 1 heterocycles. The molecule has 0 aliphatic rings. The molecule has 0 saturated heterocycles. The molecule has 1 aromatic heterocycles. The Morgan fingerprint density at radius 3 is 2.41 bits per heavy atom. The second-order valence-corrected chi connectivity index (χ2v) is 10.7. The molecular weight excluding hydrogens is 550 g/mol. The highest BCUT2D eigenvalue weighted by atomic mass is 35.5. The van der Waals surface area contributed by atoms with Gasteiger partial charge >= 0.3 is 6.09 Å². The minimum absolute atomic E-state index is 0.00251. The molecule has 0 spiro atoms. The molecule has 208 valence electrons. The molecule has 0 unspecified atom stereocenters. The Labute approximate surface area is 230 Å². The molecule has 2 amide bonds. The first kappa shape index (κ1) is 29.6.